The van der Waals surface area contributed by atoms with Crippen LogP contribution < -0.4 is 66.7 Å². The number of aliphatic carboxylic acids is 1. The Kier molecular flexibility index (Phi) is 34.3. The predicted octanol–water partition coefficient (Wildman–Crippen LogP) is -3.70. The number of aliphatic hydroxyl groups is 3. The van der Waals surface area contributed by atoms with Gasteiger partial charge in [-0.1, -0.05) is 108 Å². The number of carboxylic acids is 1. The van der Waals surface area contributed by atoms with Gasteiger partial charge < -0.3 is 87.1 Å². The Hall–Kier alpha value is -6.77. The van der Waals surface area contributed by atoms with Crippen LogP contribution in [0.15, 0.2) is 4.99 Å². The summed E-state index contributed by atoms with van der Waals surface area (Å²) < 4.78 is 0. The normalized spacial score (nSPS) is 17.6. The van der Waals surface area contributed by atoms with Crippen molar-refractivity contribution in [3.63, 3.8) is 0 Å². The number of amides is 10. The smallest absolute Gasteiger partial charge is 0.329 e. The number of guanidine groups is 1. The van der Waals surface area contributed by atoms with Crippen LogP contribution in [-0.4, -0.2) is 199 Å². The van der Waals surface area contributed by atoms with E-state index in [1.807, 2.05) is 19.2 Å². The Morgan fingerprint density at radius 1 is 0.629 bits per heavy atom. The Bertz CT molecular complexity index is 2450. The number of nitrogens with zero attached hydrogens (tertiary/aromatic N) is 3. The maximum atomic E-state index is 16.2. The number of imide groups is 2. The van der Waals surface area contributed by atoms with Gasteiger partial charge in [0, 0.05) is 6.54 Å². The van der Waals surface area contributed by atoms with Crippen molar-refractivity contribution in [2.24, 2.45) is 80.6 Å². The molecule has 31 nitrogen and oxygen atoms in total. The van der Waals surface area contributed by atoms with E-state index < -0.39 is 174 Å². The molecule has 10 amide bonds. The van der Waals surface area contributed by atoms with E-state index in [0.717, 1.165) is 26.2 Å². The quantitative estimate of drug-likeness (QED) is 0.0122. The molecule has 0 saturated heterocycles. The first-order valence-electron chi connectivity index (χ1n) is 30.7. The van der Waals surface area contributed by atoms with E-state index in [1.54, 1.807) is 48.5 Å². The number of hydrogen-bond donors (Lipinski definition) is 16. The SMILES string of the molecule is CCC(C)[C@H](NC(=O)[C@@H](CCCN=C(N)N)NC(=O)[C@@](CC(C)C)(C(=O)C(N)CC1CCCCC1)N(C(=O)C(N)CC(C)C)C(=O)[C@H](CC(C)C)NC(=O)C(N)CC(C)C)C(=O)NC(C(=O)NCC(=O)N(C(=O)C(N)[C@H](O)C(N)=O)[C@H](CO)C(=O)O)C(C)O. The topological polar surface area (TPSA) is 547 Å². The van der Waals surface area contributed by atoms with Crippen LogP contribution in [0, 0.1) is 35.5 Å². The van der Waals surface area contributed by atoms with Crippen LogP contribution in [-0.2, 0) is 57.5 Å². The summed E-state index contributed by atoms with van der Waals surface area (Å²) in [6.07, 6.45) is -1.01. The van der Waals surface area contributed by atoms with Gasteiger partial charge in [-0.25, -0.2) is 4.79 Å². The second-order valence-corrected chi connectivity index (χ2v) is 25.1. The average molecular weight is 1270 g/mol. The third-order valence-corrected chi connectivity index (χ3v) is 15.4. The summed E-state index contributed by atoms with van der Waals surface area (Å²) in [6, 6.07) is -15.8. The number of primary amides is 1. The molecule has 1 fully saturated rings. The number of Topliss-reactive ketones (excluding diaryl/α,β-unsaturated/α-hetero) is 1. The highest BCUT2D eigenvalue weighted by Crippen LogP contribution is 2.34. The van der Waals surface area contributed by atoms with Gasteiger partial charge >= 0.3 is 5.97 Å². The molecule has 1 rings (SSSR count). The number of nitrogens with one attached hydrogen (secondary N) is 5. The number of aliphatic hydroxyl groups excluding tert-OH is 3. The number of ketones is 1. The molecule has 13 atom stereocenters. The minimum Gasteiger partial charge on any atom is -0.480 e. The summed E-state index contributed by atoms with van der Waals surface area (Å²) in [6.45, 7) is 15.4. The molecule has 0 heterocycles. The molecule has 0 aromatic rings. The van der Waals surface area contributed by atoms with Gasteiger partial charge in [-0.2, -0.15) is 0 Å². The molecule has 31 heteroatoms. The van der Waals surface area contributed by atoms with Crippen molar-refractivity contribution in [2.75, 3.05) is 19.7 Å². The molecule has 0 bridgehead atoms. The van der Waals surface area contributed by atoms with Crippen molar-refractivity contribution in [2.45, 2.75) is 232 Å². The maximum absolute atomic E-state index is 16.2. The molecule has 0 aromatic heterocycles. The van der Waals surface area contributed by atoms with Gasteiger partial charge in [0.2, 0.25) is 47.3 Å². The molecule has 0 spiro atoms. The van der Waals surface area contributed by atoms with Crippen molar-refractivity contribution >= 4 is 76.8 Å². The Balaban J connectivity index is 4.29. The number of carbonyl (C=O) groups is 12. The number of aliphatic imine (C=N–C) groups is 1. The van der Waals surface area contributed by atoms with E-state index in [4.69, 9.17) is 40.1 Å². The zero-order valence-electron chi connectivity index (χ0n) is 53.7. The minimum absolute atomic E-state index is 0.0392. The summed E-state index contributed by atoms with van der Waals surface area (Å²) in [5.41, 5.74) is 39.0. The number of hydrogen-bond acceptors (Lipinski definition) is 20. The van der Waals surface area contributed by atoms with E-state index >= 15 is 24.0 Å². The van der Waals surface area contributed by atoms with Crippen molar-refractivity contribution < 1.29 is 78.0 Å². The Morgan fingerprint density at radius 3 is 1.66 bits per heavy atom. The molecular weight excluding hydrogens is 1160 g/mol. The van der Waals surface area contributed by atoms with Crippen LogP contribution in [0.3, 0.4) is 0 Å². The van der Waals surface area contributed by atoms with E-state index in [0.29, 0.717) is 17.7 Å². The molecular formula is C58H105N15O16. The molecule has 508 valence electrons. The molecule has 1 aliphatic rings. The van der Waals surface area contributed by atoms with Crippen LogP contribution in [0.25, 0.3) is 0 Å². The third kappa shape index (κ3) is 24.5. The number of carboxylic acid groups (broad SMARTS) is 1. The van der Waals surface area contributed by atoms with Gasteiger partial charge in [-0.15, -0.1) is 0 Å². The van der Waals surface area contributed by atoms with Gasteiger partial charge in [0.25, 0.3) is 11.8 Å². The van der Waals surface area contributed by atoms with E-state index in [9.17, 15) is 54.0 Å². The fraction of sp³-hybridized carbons (Fsp3) is 0.776. The highest BCUT2D eigenvalue weighted by atomic mass is 16.4. The first-order chi connectivity index (χ1) is 41.3. The lowest BCUT2D eigenvalue weighted by atomic mass is 9.75. The van der Waals surface area contributed by atoms with Gasteiger partial charge in [-0.05, 0) is 87.4 Å². The average Bonchev–Trinajstić information content (AvgIpc) is 1.08. The fourth-order valence-corrected chi connectivity index (χ4v) is 10.6. The monoisotopic (exact) mass is 1270 g/mol. The second kappa shape index (κ2) is 38.0. The van der Waals surface area contributed by atoms with Crippen molar-refractivity contribution in [1.29, 1.82) is 0 Å². The van der Waals surface area contributed by atoms with Crippen LogP contribution >= 0.6 is 0 Å². The zero-order valence-corrected chi connectivity index (χ0v) is 53.7. The minimum atomic E-state index is -2.90. The van der Waals surface area contributed by atoms with Gasteiger partial charge in [0.1, 0.15) is 30.2 Å². The zero-order chi connectivity index (χ0) is 68.5. The predicted molar refractivity (Wildman–Crippen MR) is 328 cm³/mol. The second-order valence-electron chi connectivity index (χ2n) is 25.1. The Morgan fingerprint density at radius 2 is 1.18 bits per heavy atom. The summed E-state index contributed by atoms with van der Waals surface area (Å²) in [4.78, 5) is 175. The number of nitrogens with two attached hydrogens (primary N) is 7. The lowest BCUT2D eigenvalue weighted by Gasteiger charge is -2.45. The lowest BCUT2D eigenvalue weighted by Crippen LogP contribution is -2.74. The third-order valence-electron chi connectivity index (χ3n) is 15.4. The van der Waals surface area contributed by atoms with Gasteiger partial charge in [0.15, 0.2) is 29.4 Å². The molecule has 0 aliphatic heterocycles. The molecule has 0 aromatic carbocycles. The van der Waals surface area contributed by atoms with Gasteiger partial charge in [0.05, 0.1) is 37.4 Å². The number of carbonyl (C=O) groups excluding carboxylic acids is 11. The Labute approximate surface area is 521 Å². The maximum Gasteiger partial charge on any atom is 0.329 e. The summed E-state index contributed by atoms with van der Waals surface area (Å²) in [7, 11) is 0. The van der Waals surface area contributed by atoms with E-state index in [2.05, 4.69) is 26.3 Å². The van der Waals surface area contributed by atoms with Crippen molar-refractivity contribution in [3.8, 4) is 0 Å². The molecule has 1 aliphatic carbocycles. The standard InChI is InChI=1S/C58H105N15O16/c1-12-32(10)43(51(83)71-44(33(11)75)50(82)67-26-41(76)72(40(27-74)55(87)88)54(86)42(62)45(77)47(63)79)70-49(81)38(19-16-20-66-57(64)65)69-56(89)58(25-31(8)9,46(78)35(59)24-34-17-14-13-15-18-34)73(52(84)37(61)22-29(4)5)53(85)39(23-30(6)7)68-48(80)36(60)21-28(2)3/h28-40,42-45,74-75,77H,12-27,59-62H2,1-11H3,(H2,63,79)(H,67,82)(H,68,80)(H,69,89)(H,70,81)(H,71,83)(H,87,88)(H4,64,65,66)/t32?,33?,35?,36?,37?,38-,39+,40-,42?,43+,44?,45+,58-/m1/s1. The molecule has 23 N–H and O–H groups in total. The molecule has 0 radical (unpaired) electrons. The van der Waals surface area contributed by atoms with Crippen molar-refractivity contribution in [1.82, 2.24) is 36.4 Å². The first-order valence-corrected chi connectivity index (χ1v) is 30.7. The van der Waals surface area contributed by atoms with Gasteiger partial charge in [-0.3, -0.25) is 67.5 Å². The summed E-state index contributed by atoms with van der Waals surface area (Å²) in [5, 5.41) is 52.7. The van der Waals surface area contributed by atoms with Crippen LogP contribution in [0.4, 0.5) is 0 Å². The van der Waals surface area contributed by atoms with E-state index in [-0.39, 0.29) is 86.0 Å². The van der Waals surface area contributed by atoms with Crippen LogP contribution in [0.1, 0.15) is 160 Å². The fourth-order valence-electron chi connectivity index (χ4n) is 10.6. The highest BCUT2D eigenvalue weighted by molar-refractivity contribution is 6.20. The first kappa shape index (κ1) is 80.2. The molecule has 7 unspecified atom stereocenters. The van der Waals surface area contributed by atoms with Crippen LogP contribution in [0.2, 0.25) is 0 Å². The summed E-state index contributed by atoms with van der Waals surface area (Å²) >= 11 is 0. The summed E-state index contributed by atoms with van der Waals surface area (Å²) in [5.74, 6) is -18.4. The van der Waals surface area contributed by atoms with E-state index in [1.165, 1.54) is 6.92 Å². The highest BCUT2D eigenvalue weighted by Gasteiger charge is 2.59. The molecule has 1 saturated carbocycles. The molecule has 89 heavy (non-hydrogen) atoms. The van der Waals surface area contributed by atoms with Crippen LogP contribution in [0.5, 0.6) is 0 Å². The van der Waals surface area contributed by atoms with Crippen molar-refractivity contribution in [3.05, 3.63) is 0 Å². The lowest BCUT2D eigenvalue weighted by molar-refractivity contribution is -0.168. The largest absolute Gasteiger partial charge is 0.480 e. The number of rotatable bonds is 39.